The third kappa shape index (κ3) is 6.84. The molecule has 0 aliphatic carbocycles. The molecule has 0 saturated carbocycles. The van der Waals surface area contributed by atoms with Crippen LogP contribution in [-0.2, 0) is 19.6 Å². The molecule has 0 radical (unpaired) electrons. The number of carbonyl (C=O) groups excluding carboxylic acids is 2. The summed E-state index contributed by atoms with van der Waals surface area (Å²) in [7, 11) is -2.57. The number of anilines is 1. The molecule has 0 heterocycles. The molecular formula is C19H22FN3O5S. The summed E-state index contributed by atoms with van der Waals surface area (Å²) in [5.74, 6) is -0.672. The van der Waals surface area contributed by atoms with Crippen molar-refractivity contribution in [1.29, 1.82) is 0 Å². The van der Waals surface area contributed by atoms with E-state index in [-0.39, 0.29) is 36.3 Å². The highest BCUT2D eigenvalue weighted by Gasteiger charge is 2.22. The van der Waals surface area contributed by atoms with E-state index in [4.69, 9.17) is 4.74 Å². The fourth-order valence-electron chi connectivity index (χ4n) is 2.33. The monoisotopic (exact) mass is 423 g/mol. The van der Waals surface area contributed by atoms with Crippen LogP contribution in [0.5, 0.6) is 5.75 Å². The lowest BCUT2D eigenvalue weighted by Gasteiger charge is -2.17. The van der Waals surface area contributed by atoms with E-state index in [0.29, 0.717) is 11.4 Å². The fourth-order valence-corrected chi connectivity index (χ4v) is 3.45. The lowest BCUT2D eigenvalue weighted by molar-refractivity contribution is -0.121. The van der Waals surface area contributed by atoms with E-state index >= 15 is 0 Å². The topological polar surface area (TPSA) is 105 Å². The van der Waals surface area contributed by atoms with Crippen molar-refractivity contribution in [2.45, 2.75) is 11.8 Å². The standard InChI is InChI=1S/C19H22FN3O5S/c1-14(24)22-16-5-9-18(10-6-16)29(26,27)23(2)13-19(25)21-11-12-28-17-7-3-15(20)4-8-17/h3-10H,11-13H2,1-2H3,(H,21,25)(H,22,24). The smallest absolute Gasteiger partial charge is 0.243 e. The summed E-state index contributed by atoms with van der Waals surface area (Å²) in [5, 5.41) is 5.10. The van der Waals surface area contributed by atoms with Gasteiger partial charge in [0, 0.05) is 19.7 Å². The molecule has 0 aliphatic heterocycles. The van der Waals surface area contributed by atoms with E-state index in [1.165, 1.54) is 62.5 Å². The van der Waals surface area contributed by atoms with Gasteiger partial charge in [0.05, 0.1) is 18.0 Å². The Morgan fingerprint density at radius 1 is 1.07 bits per heavy atom. The number of halogens is 1. The minimum atomic E-state index is -3.86. The SMILES string of the molecule is CC(=O)Nc1ccc(S(=O)(=O)N(C)CC(=O)NCCOc2ccc(F)cc2)cc1. The molecule has 2 N–H and O–H groups in total. The Bertz CT molecular complexity index is 947. The van der Waals surface area contributed by atoms with Gasteiger partial charge in [-0.15, -0.1) is 0 Å². The second-order valence-electron chi connectivity index (χ2n) is 6.12. The van der Waals surface area contributed by atoms with Crippen LogP contribution >= 0.6 is 0 Å². The van der Waals surface area contributed by atoms with Gasteiger partial charge in [-0.2, -0.15) is 4.31 Å². The van der Waals surface area contributed by atoms with Gasteiger partial charge < -0.3 is 15.4 Å². The Balaban J connectivity index is 1.82. The minimum absolute atomic E-state index is 0.00143. The molecule has 0 bridgehead atoms. The third-order valence-corrected chi connectivity index (χ3v) is 5.57. The second-order valence-corrected chi connectivity index (χ2v) is 8.16. The van der Waals surface area contributed by atoms with Gasteiger partial charge in [-0.05, 0) is 48.5 Å². The molecule has 29 heavy (non-hydrogen) atoms. The number of sulfonamides is 1. The maximum atomic E-state index is 12.8. The summed E-state index contributed by atoms with van der Waals surface area (Å²) in [6.07, 6.45) is 0. The molecule has 0 unspecified atom stereocenters. The average Bonchev–Trinajstić information content (AvgIpc) is 2.66. The van der Waals surface area contributed by atoms with Gasteiger partial charge in [0.2, 0.25) is 21.8 Å². The van der Waals surface area contributed by atoms with Gasteiger partial charge in [0.1, 0.15) is 18.2 Å². The average molecular weight is 423 g/mol. The van der Waals surface area contributed by atoms with E-state index in [1.54, 1.807) is 0 Å². The number of likely N-dealkylation sites (N-methyl/N-ethyl adjacent to an activating group) is 1. The Labute approximate surface area is 168 Å². The summed E-state index contributed by atoms with van der Waals surface area (Å²) in [4.78, 5) is 23.0. The first-order valence-electron chi connectivity index (χ1n) is 8.67. The largest absolute Gasteiger partial charge is 0.492 e. The van der Waals surface area contributed by atoms with E-state index in [1.807, 2.05) is 0 Å². The normalized spacial score (nSPS) is 11.2. The van der Waals surface area contributed by atoms with Crippen LogP contribution in [0.25, 0.3) is 0 Å². The molecular weight excluding hydrogens is 401 g/mol. The number of ether oxygens (including phenoxy) is 1. The number of hydrogen-bond acceptors (Lipinski definition) is 5. The summed E-state index contributed by atoms with van der Waals surface area (Å²) in [5.41, 5.74) is 0.470. The van der Waals surface area contributed by atoms with Crippen LogP contribution in [0.2, 0.25) is 0 Å². The Kier molecular flexibility index (Phi) is 7.68. The van der Waals surface area contributed by atoms with Crippen molar-refractivity contribution in [3.05, 3.63) is 54.3 Å². The van der Waals surface area contributed by atoms with Crippen molar-refractivity contribution in [1.82, 2.24) is 9.62 Å². The number of rotatable bonds is 9. The zero-order chi connectivity index (χ0) is 21.4. The highest BCUT2D eigenvalue weighted by Crippen LogP contribution is 2.17. The maximum absolute atomic E-state index is 12.8. The van der Waals surface area contributed by atoms with Crippen molar-refractivity contribution in [2.75, 3.05) is 32.1 Å². The predicted molar refractivity (Wildman–Crippen MR) is 105 cm³/mol. The van der Waals surface area contributed by atoms with Gasteiger partial charge in [0.25, 0.3) is 0 Å². The number of carbonyl (C=O) groups is 2. The molecule has 2 amide bonds. The van der Waals surface area contributed by atoms with Crippen LogP contribution in [0.1, 0.15) is 6.92 Å². The van der Waals surface area contributed by atoms with Crippen molar-refractivity contribution in [2.24, 2.45) is 0 Å². The molecule has 156 valence electrons. The highest BCUT2D eigenvalue weighted by atomic mass is 32.2. The number of nitrogens with zero attached hydrogens (tertiary/aromatic N) is 1. The first kappa shape index (κ1) is 22.3. The zero-order valence-corrected chi connectivity index (χ0v) is 16.8. The first-order valence-corrected chi connectivity index (χ1v) is 10.1. The zero-order valence-electron chi connectivity index (χ0n) is 16.0. The Morgan fingerprint density at radius 2 is 1.69 bits per heavy atom. The van der Waals surface area contributed by atoms with Crippen LogP contribution < -0.4 is 15.4 Å². The molecule has 2 rings (SSSR count). The highest BCUT2D eigenvalue weighted by molar-refractivity contribution is 7.89. The maximum Gasteiger partial charge on any atom is 0.243 e. The summed E-state index contributed by atoms with van der Waals surface area (Å²) < 4.78 is 44.2. The summed E-state index contributed by atoms with van der Waals surface area (Å²) >= 11 is 0. The number of benzene rings is 2. The lowest BCUT2D eigenvalue weighted by atomic mass is 10.3. The van der Waals surface area contributed by atoms with Gasteiger partial charge >= 0.3 is 0 Å². The molecule has 8 nitrogen and oxygen atoms in total. The molecule has 0 atom stereocenters. The molecule has 0 aliphatic rings. The van der Waals surface area contributed by atoms with E-state index < -0.39 is 15.9 Å². The summed E-state index contributed by atoms with van der Waals surface area (Å²) in [6.45, 7) is 1.29. The molecule has 2 aromatic rings. The number of amides is 2. The van der Waals surface area contributed by atoms with E-state index in [9.17, 15) is 22.4 Å². The quantitative estimate of drug-likeness (QED) is 0.596. The number of hydrogen-bond donors (Lipinski definition) is 2. The number of nitrogens with one attached hydrogen (secondary N) is 2. The van der Waals surface area contributed by atoms with Crippen LogP contribution in [0.15, 0.2) is 53.4 Å². The Hall–Kier alpha value is -2.98. The van der Waals surface area contributed by atoms with Crippen molar-refractivity contribution in [3.63, 3.8) is 0 Å². The van der Waals surface area contributed by atoms with Gasteiger partial charge in [0.15, 0.2) is 0 Å². The van der Waals surface area contributed by atoms with E-state index in [2.05, 4.69) is 10.6 Å². The van der Waals surface area contributed by atoms with Crippen molar-refractivity contribution in [3.8, 4) is 5.75 Å². The van der Waals surface area contributed by atoms with Gasteiger partial charge in [-0.1, -0.05) is 0 Å². The predicted octanol–water partition coefficient (Wildman–Crippen LogP) is 1.60. The lowest BCUT2D eigenvalue weighted by Crippen LogP contribution is -2.39. The fraction of sp³-hybridized carbons (Fsp3) is 0.263. The molecule has 0 spiro atoms. The Morgan fingerprint density at radius 3 is 2.28 bits per heavy atom. The molecule has 0 aromatic heterocycles. The molecule has 2 aromatic carbocycles. The molecule has 0 saturated heterocycles. The molecule has 0 fully saturated rings. The summed E-state index contributed by atoms with van der Waals surface area (Å²) in [6, 6.07) is 11.1. The van der Waals surface area contributed by atoms with Crippen LogP contribution in [0.3, 0.4) is 0 Å². The van der Waals surface area contributed by atoms with Crippen LogP contribution in [-0.4, -0.2) is 51.3 Å². The van der Waals surface area contributed by atoms with E-state index in [0.717, 1.165) is 4.31 Å². The third-order valence-electron chi connectivity index (χ3n) is 3.76. The van der Waals surface area contributed by atoms with Crippen molar-refractivity contribution >= 4 is 27.5 Å². The minimum Gasteiger partial charge on any atom is -0.492 e. The van der Waals surface area contributed by atoms with Gasteiger partial charge in [-0.25, -0.2) is 12.8 Å². The van der Waals surface area contributed by atoms with Crippen molar-refractivity contribution < 1.29 is 27.1 Å². The first-order chi connectivity index (χ1) is 13.7. The van der Waals surface area contributed by atoms with Gasteiger partial charge in [-0.3, -0.25) is 9.59 Å². The van der Waals surface area contributed by atoms with Crippen LogP contribution in [0, 0.1) is 5.82 Å². The second kappa shape index (κ2) is 9.99. The molecule has 10 heteroatoms. The van der Waals surface area contributed by atoms with Crippen LogP contribution in [0.4, 0.5) is 10.1 Å².